The van der Waals surface area contributed by atoms with Crippen LogP contribution in [0.4, 0.5) is 5.82 Å². The molecule has 1 aromatic rings. The molecule has 2 atom stereocenters. The Hall–Kier alpha value is -2.11. The molecular weight excluding hydrogens is 452 g/mol. The Kier molecular flexibility index (Phi) is 8.41. The van der Waals surface area contributed by atoms with E-state index in [4.69, 9.17) is 12.2 Å². The van der Waals surface area contributed by atoms with Crippen LogP contribution < -0.4 is 10.5 Å². The van der Waals surface area contributed by atoms with Crippen LogP contribution in [-0.4, -0.2) is 39.3 Å². The monoisotopic (exact) mass is 486 g/mol. The van der Waals surface area contributed by atoms with Crippen LogP contribution in [0.25, 0.3) is 6.08 Å². The second-order valence-electron chi connectivity index (χ2n) is 9.29. The van der Waals surface area contributed by atoms with Gasteiger partial charge in [-0.25, -0.2) is 0 Å². The van der Waals surface area contributed by atoms with Crippen molar-refractivity contribution in [3.05, 3.63) is 31.9 Å². The van der Waals surface area contributed by atoms with Gasteiger partial charge in [0, 0.05) is 31.7 Å². The molecule has 2 aliphatic rings. The van der Waals surface area contributed by atoms with Crippen LogP contribution in [0.15, 0.2) is 9.70 Å². The predicted octanol–water partition coefficient (Wildman–Crippen LogP) is 4.92. The second-order valence-corrected chi connectivity index (χ2v) is 11.0. The number of aromatic nitrogens is 1. The van der Waals surface area contributed by atoms with Crippen LogP contribution in [-0.2, 0) is 11.3 Å². The highest BCUT2D eigenvalue weighted by Crippen LogP contribution is 2.37. The molecule has 8 heteroatoms. The number of carbonyl (C=O) groups excluding carboxylic acids is 1. The molecule has 0 spiro atoms. The summed E-state index contributed by atoms with van der Waals surface area (Å²) in [5.41, 5.74) is 1.29. The van der Waals surface area contributed by atoms with Crippen LogP contribution in [0.2, 0.25) is 0 Å². The van der Waals surface area contributed by atoms with Crippen LogP contribution in [0.1, 0.15) is 70.1 Å². The van der Waals surface area contributed by atoms with Crippen molar-refractivity contribution in [2.75, 3.05) is 24.5 Å². The first kappa shape index (κ1) is 25.5. The van der Waals surface area contributed by atoms with E-state index in [1.165, 1.54) is 11.8 Å². The Morgan fingerprint density at radius 1 is 1.18 bits per heavy atom. The molecule has 6 nitrogen and oxygen atoms in total. The lowest BCUT2D eigenvalue weighted by Crippen LogP contribution is -2.42. The van der Waals surface area contributed by atoms with E-state index in [-0.39, 0.29) is 17.0 Å². The van der Waals surface area contributed by atoms with Gasteiger partial charge in [0.15, 0.2) is 0 Å². The summed E-state index contributed by atoms with van der Waals surface area (Å²) < 4.78 is 2.27. The van der Waals surface area contributed by atoms with E-state index >= 15 is 0 Å². The molecule has 1 aromatic heterocycles. The van der Waals surface area contributed by atoms with Gasteiger partial charge in [0.05, 0.1) is 4.91 Å². The van der Waals surface area contributed by atoms with Gasteiger partial charge < -0.3 is 4.90 Å². The molecule has 3 heterocycles. The Morgan fingerprint density at radius 2 is 1.85 bits per heavy atom. The average molecular weight is 487 g/mol. The SMILES string of the molecule is CCCCCN1C(=O)/C(=C\c2c(C)c(C#N)c(=O)n(CC)c2N2CC(C)CC(C)C2)SC1=S. The van der Waals surface area contributed by atoms with Crippen molar-refractivity contribution < 1.29 is 4.79 Å². The zero-order valence-electron chi connectivity index (χ0n) is 20.3. The average Bonchev–Trinajstić information content (AvgIpc) is 3.02. The van der Waals surface area contributed by atoms with E-state index in [0.29, 0.717) is 39.7 Å². The quantitative estimate of drug-likeness (QED) is 0.309. The number of anilines is 1. The highest BCUT2D eigenvalue weighted by molar-refractivity contribution is 8.26. The number of piperidine rings is 1. The topological polar surface area (TPSA) is 69.3 Å². The zero-order valence-corrected chi connectivity index (χ0v) is 21.9. The molecule has 178 valence electrons. The van der Waals surface area contributed by atoms with Gasteiger partial charge in [0.25, 0.3) is 11.5 Å². The Balaban J connectivity index is 2.15. The molecule has 0 aromatic carbocycles. The summed E-state index contributed by atoms with van der Waals surface area (Å²) in [6.45, 7) is 13.1. The molecule has 0 aliphatic carbocycles. The fourth-order valence-corrected chi connectivity index (χ4v) is 6.25. The maximum absolute atomic E-state index is 13.2. The summed E-state index contributed by atoms with van der Waals surface area (Å²) in [4.78, 5) is 30.9. The highest BCUT2D eigenvalue weighted by Gasteiger charge is 2.33. The van der Waals surface area contributed by atoms with Crippen LogP contribution in [0.5, 0.6) is 0 Å². The molecule has 2 unspecified atom stereocenters. The molecule has 0 radical (unpaired) electrons. The molecule has 3 rings (SSSR count). The third kappa shape index (κ3) is 5.20. The summed E-state index contributed by atoms with van der Waals surface area (Å²) in [6.07, 6.45) is 6.06. The van der Waals surface area contributed by atoms with Gasteiger partial charge in [-0.05, 0) is 50.2 Å². The predicted molar refractivity (Wildman–Crippen MR) is 140 cm³/mol. The van der Waals surface area contributed by atoms with E-state index in [2.05, 4.69) is 31.7 Å². The summed E-state index contributed by atoms with van der Waals surface area (Å²) in [6, 6.07) is 2.11. The van der Waals surface area contributed by atoms with Gasteiger partial charge in [-0.15, -0.1) is 0 Å². The summed E-state index contributed by atoms with van der Waals surface area (Å²) in [5, 5.41) is 9.75. The van der Waals surface area contributed by atoms with Gasteiger partial charge in [0.1, 0.15) is 21.8 Å². The van der Waals surface area contributed by atoms with Gasteiger partial charge in [-0.3, -0.25) is 19.1 Å². The number of nitrogens with zero attached hydrogens (tertiary/aromatic N) is 4. The number of rotatable bonds is 7. The van der Waals surface area contributed by atoms with Crippen molar-refractivity contribution >= 4 is 46.1 Å². The van der Waals surface area contributed by atoms with Crippen molar-refractivity contribution in [1.29, 1.82) is 5.26 Å². The summed E-state index contributed by atoms with van der Waals surface area (Å²) >= 11 is 6.82. The fourth-order valence-electron chi connectivity index (χ4n) is 4.96. The third-order valence-corrected chi connectivity index (χ3v) is 7.84. The minimum absolute atomic E-state index is 0.0837. The third-order valence-electron chi connectivity index (χ3n) is 6.47. The Bertz CT molecular complexity index is 1060. The number of pyridine rings is 1. The minimum atomic E-state index is -0.261. The minimum Gasteiger partial charge on any atom is -0.357 e. The van der Waals surface area contributed by atoms with E-state index in [1.54, 1.807) is 9.47 Å². The molecule has 2 saturated heterocycles. The van der Waals surface area contributed by atoms with Crippen LogP contribution >= 0.6 is 24.0 Å². The largest absolute Gasteiger partial charge is 0.357 e. The first-order chi connectivity index (χ1) is 15.7. The lowest BCUT2D eigenvalue weighted by atomic mass is 9.91. The first-order valence-corrected chi connectivity index (χ1v) is 13.1. The Labute approximate surface area is 206 Å². The lowest BCUT2D eigenvalue weighted by Gasteiger charge is -2.38. The molecule has 0 bridgehead atoms. The van der Waals surface area contributed by atoms with Crippen LogP contribution in [0.3, 0.4) is 0 Å². The first-order valence-electron chi connectivity index (χ1n) is 11.9. The number of nitriles is 1. The van der Waals surface area contributed by atoms with E-state index in [1.807, 2.05) is 19.9 Å². The van der Waals surface area contributed by atoms with Gasteiger partial charge in [-0.1, -0.05) is 57.6 Å². The van der Waals surface area contributed by atoms with Crippen LogP contribution in [0, 0.1) is 30.1 Å². The maximum atomic E-state index is 13.2. The van der Waals surface area contributed by atoms with Gasteiger partial charge in [-0.2, -0.15) is 5.26 Å². The molecule has 2 fully saturated rings. The second kappa shape index (κ2) is 10.9. The van der Waals surface area contributed by atoms with E-state index in [0.717, 1.165) is 50.2 Å². The molecule has 0 N–H and O–H groups in total. The zero-order chi connectivity index (χ0) is 24.3. The maximum Gasteiger partial charge on any atom is 0.270 e. The molecular formula is C25H34N4O2S2. The van der Waals surface area contributed by atoms with E-state index in [9.17, 15) is 14.9 Å². The number of hydrogen-bond donors (Lipinski definition) is 0. The standard InChI is InChI=1S/C25H34N4O2S2/c1-6-8-9-10-29-24(31)21(33-25(29)32)12-19-18(5)20(13-26)23(30)28(7-2)22(19)27-14-16(3)11-17(4)15-27/h12,16-17H,6-11,14-15H2,1-5H3/b21-12+. The lowest BCUT2D eigenvalue weighted by molar-refractivity contribution is -0.122. The number of thioether (sulfide) groups is 1. The summed E-state index contributed by atoms with van der Waals surface area (Å²) in [5.74, 6) is 1.72. The highest BCUT2D eigenvalue weighted by atomic mass is 32.2. The molecule has 0 saturated carbocycles. The van der Waals surface area contributed by atoms with Crippen molar-refractivity contribution in [3.63, 3.8) is 0 Å². The van der Waals surface area contributed by atoms with Gasteiger partial charge >= 0.3 is 0 Å². The molecule has 1 amide bonds. The van der Waals surface area contributed by atoms with Crippen molar-refractivity contribution in [1.82, 2.24) is 9.47 Å². The smallest absolute Gasteiger partial charge is 0.270 e. The Morgan fingerprint density at radius 3 is 2.42 bits per heavy atom. The number of thiocarbonyl (C=S) groups is 1. The number of unbranched alkanes of at least 4 members (excludes halogenated alkanes) is 2. The van der Waals surface area contributed by atoms with E-state index < -0.39 is 0 Å². The normalized spacial score (nSPS) is 22.4. The molecule has 33 heavy (non-hydrogen) atoms. The van der Waals surface area contributed by atoms with Crippen molar-refractivity contribution in [3.8, 4) is 6.07 Å². The van der Waals surface area contributed by atoms with Crippen molar-refractivity contribution in [2.24, 2.45) is 11.8 Å². The fraction of sp³-hybridized carbons (Fsp3) is 0.600. The number of carbonyl (C=O) groups is 1. The summed E-state index contributed by atoms with van der Waals surface area (Å²) in [7, 11) is 0. The number of hydrogen-bond acceptors (Lipinski definition) is 6. The van der Waals surface area contributed by atoms with Crippen molar-refractivity contribution in [2.45, 2.75) is 66.8 Å². The number of amides is 1. The van der Waals surface area contributed by atoms with Gasteiger partial charge in [0.2, 0.25) is 0 Å². The molecule has 2 aliphatic heterocycles.